The van der Waals surface area contributed by atoms with Crippen LogP contribution < -0.4 is 10.6 Å². The molecule has 4 aromatic rings. The predicted molar refractivity (Wildman–Crippen MR) is 126 cm³/mol. The number of halogens is 1. The molecule has 1 unspecified atom stereocenters. The van der Waals surface area contributed by atoms with Crippen molar-refractivity contribution in [2.24, 2.45) is 0 Å². The minimum Gasteiger partial charge on any atom is -0.346 e. The lowest BCUT2D eigenvalue weighted by atomic mass is 10.1. The Morgan fingerprint density at radius 2 is 1.64 bits per heavy atom. The van der Waals surface area contributed by atoms with Crippen molar-refractivity contribution >= 4 is 34.6 Å². The number of nitrogens with one attached hydrogen (secondary N) is 2. The highest BCUT2D eigenvalue weighted by Crippen LogP contribution is 2.17. The Labute approximate surface area is 190 Å². The lowest BCUT2D eigenvalue weighted by Gasteiger charge is -2.14. The zero-order valence-electron chi connectivity index (χ0n) is 17.8. The van der Waals surface area contributed by atoms with Gasteiger partial charge in [0.1, 0.15) is 5.82 Å². The Kier molecular flexibility index (Phi) is 6.50. The van der Waals surface area contributed by atoms with Gasteiger partial charge in [-0.3, -0.25) is 14.6 Å². The number of anilines is 1. The summed E-state index contributed by atoms with van der Waals surface area (Å²) in [5, 5.41) is 5.66. The lowest BCUT2D eigenvalue weighted by Crippen LogP contribution is -2.24. The van der Waals surface area contributed by atoms with E-state index in [-0.39, 0.29) is 17.9 Å². The Morgan fingerprint density at radius 1 is 0.939 bits per heavy atom. The number of benzene rings is 3. The van der Waals surface area contributed by atoms with Crippen LogP contribution >= 0.6 is 0 Å². The predicted octanol–water partition coefficient (Wildman–Crippen LogP) is 4.91. The Bertz CT molecular complexity index is 1320. The van der Waals surface area contributed by atoms with Crippen molar-refractivity contribution in [3.05, 3.63) is 108 Å². The Hall–Kier alpha value is -4.39. The highest BCUT2D eigenvalue weighted by Gasteiger charge is 2.10. The van der Waals surface area contributed by atoms with E-state index in [1.165, 1.54) is 30.3 Å². The first kappa shape index (κ1) is 21.8. The van der Waals surface area contributed by atoms with Gasteiger partial charge in [-0.25, -0.2) is 9.37 Å². The van der Waals surface area contributed by atoms with Crippen molar-refractivity contribution in [3.63, 3.8) is 0 Å². The third-order valence-electron chi connectivity index (χ3n) is 5.01. The number of carbonyl (C=O) groups is 2. The summed E-state index contributed by atoms with van der Waals surface area (Å²) < 4.78 is 13.0. The largest absolute Gasteiger partial charge is 0.346 e. The number of hydrogen-bond acceptors (Lipinski definition) is 4. The van der Waals surface area contributed by atoms with Gasteiger partial charge in [-0.05, 0) is 67.1 Å². The molecule has 6 nitrogen and oxygen atoms in total. The van der Waals surface area contributed by atoms with Crippen LogP contribution in [0.25, 0.3) is 17.1 Å². The molecule has 0 saturated heterocycles. The van der Waals surface area contributed by atoms with Gasteiger partial charge >= 0.3 is 0 Å². The van der Waals surface area contributed by atoms with Gasteiger partial charge in [-0.15, -0.1) is 0 Å². The second-order valence-corrected chi connectivity index (χ2v) is 7.43. The lowest BCUT2D eigenvalue weighted by molar-refractivity contribution is -0.117. The van der Waals surface area contributed by atoms with Gasteiger partial charge in [0.2, 0.25) is 5.91 Å². The molecular weight excluding hydrogens is 419 g/mol. The summed E-state index contributed by atoms with van der Waals surface area (Å²) >= 11 is 0. The van der Waals surface area contributed by atoms with Gasteiger partial charge in [0.05, 0.1) is 29.0 Å². The molecule has 2 N–H and O–H groups in total. The summed E-state index contributed by atoms with van der Waals surface area (Å²) in [7, 11) is 0. The number of fused-ring (bicyclic) bond motifs is 1. The van der Waals surface area contributed by atoms with Crippen molar-refractivity contribution in [3.8, 4) is 0 Å². The summed E-state index contributed by atoms with van der Waals surface area (Å²) in [4.78, 5) is 33.4. The fraction of sp³-hybridized carbons (Fsp3) is 0.0769. The van der Waals surface area contributed by atoms with E-state index in [2.05, 4.69) is 20.6 Å². The van der Waals surface area contributed by atoms with Crippen LogP contribution in [0.2, 0.25) is 0 Å². The van der Waals surface area contributed by atoms with Crippen LogP contribution in [0.3, 0.4) is 0 Å². The SMILES string of the molecule is CC(NC(=O)C=Cc1cnc2ccccc2n1)c1ccc(NC(=O)c2ccc(F)cc2)cc1. The topological polar surface area (TPSA) is 84.0 Å². The molecule has 1 heterocycles. The van der Waals surface area contributed by atoms with Crippen LogP contribution in [-0.2, 0) is 4.79 Å². The van der Waals surface area contributed by atoms with Crippen molar-refractivity contribution in [2.75, 3.05) is 5.32 Å². The minimum atomic E-state index is -0.396. The summed E-state index contributed by atoms with van der Waals surface area (Å²) in [5.41, 5.74) is 4.00. The number of amides is 2. The number of rotatable bonds is 6. The Balaban J connectivity index is 1.34. The average Bonchev–Trinajstić information content (AvgIpc) is 2.83. The molecule has 164 valence electrons. The molecule has 7 heteroatoms. The van der Waals surface area contributed by atoms with Gasteiger partial charge in [0, 0.05) is 17.3 Å². The van der Waals surface area contributed by atoms with Crippen molar-refractivity contribution in [1.29, 1.82) is 0 Å². The van der Waals surface area contributed by atoms with E-state index in [9.17, 15) is 14.0 Å². The molecular formula is C26H21FN4O2. The maximum Gasteiger partial charge on any atom is 0.255 e. The number of aromatic nitrogens is 2. The number of carbonyl (C=O) groups excluding carboxylic acids is 2. The molecule has 0 fully saturated rings. The summed E-state index contributed by atoms with van der Waals surface area (Å²) in [6, 6.07) is 19.8. The maximum atomic E-state index is 13.0. The molecule has 0 aliphatic carbocycles. The molecule has 0 saturated carbocycles. The molecule has 0 spiro atoms. The monoisotopic (exact) mass is 440 g/mol. The molecule has 33 heavy (non-hydrogen) atoms. The smallest absolute Gasteiger partial charge is 0.255 e. The first-order valence-corrected chi connectivity index (χ1v) is 10.4. The molecule has 4 rings (SSSR count). The van der Waals surface area contributed by atoms with Crippen LogP contribution in [0.5, 0.6) is 0 Å². The summed E-state index contributed by atoms with van der Waals surface area (Å²) in [6.07, 6.45) is 4.66. The third kappa shape index (κ3) is 5.65. The molecule has 0 aliphatic rings. The minimum absolute atomic E-state index is 0.244. The molecule has 1 aromatic heterocycles. The second kappa shape index (κ2) is 9.82. The van der Waals surface area contributed by atoms with Crippen LogP contribution in [0.1, 0.15) is 34.6 Å². The average molecular weight is 440 g/mol. The third-order valence-corrected chi connectivity index (χ3v) is 5.01. The zero-order valence-corrected chi connectivity index (χ0v) is 17.8. The van der Waals surface area contributed by atoms with E-state index in [0.717, 1.165) is 16.6 Å². The molecule has 2 amide bonds. The molecule has 3 aromatic carbocycles. The van der Waals surface area contributed by atoms with Gasteiger partial charge in [0.15, 0.2) is 0 Å². The quantitative estimate of drug-likeness (QED) is 0.417. The molecule has 0 bridgehead atoms. The maximum absolute atomic E-state index is 13.0. The number of para-hydroxylation sites is 2. The van der Waals surface area contributed by atoms with E-state index < -0.39 is 5.82 Å². The van der Waals surface area contributed by atoms with Crippen molar-refractivity contribution < 1.29 is 14.0 Å². The van der Waals surface area contributed by atoms with Crippen LogP contribution in [-0.4, -0.2) is 21.8 Å². The van der Waals surface area contributed by atoms with Crippen LogP contribution in [0.15, 0.2) is 85.1 Å². The standard InChI is InChI=1S/C26H21FN4O2/c1-17(29-25(32)15-14-22-16-28-23-4-2-3-5-24(23)30-22)18-8-12-21(13-9-18)31-26(33)19-6-10-20(27)11-7-19/h2-17H,1H3,(H,29,32)(H,31,33). The van der Waals surface area contributed by atoms with E-state index in [4.69, 9.17) is 0 Å². The second-order valence-electron chi connectivity index (χ2n) is 7.43. The van der Waals surface area contributed by atoms with Crippen molar-refractivity contribution in [2.45, 2.75) is 13.0 Å². The first-order valence-electron chi connectivity index (χ1n) is 10.4. The molecule has 0 aliphatic heterocycles. The van der Waals surface area contributed by atoms with Gasteiger partial charge in [-0.1, -0.05) is 24.3 Å². The van der Waals surface area contributed by atoms with E-state index in [1.807, 2.05) is 43.3 Å². The number of hydrogen-bond donors (Lipinski definition) is 2. The first-order chi connectivity index (χ1) is 16.0. The highest BCUT2D eigenvalue weighted by molar-refractivity contribution is 6.04. The summed E-state index contributed by atoms with van der Waals surface area (Å²) in [6.45, 7) is 1.87. The van der Waals surface area contributed by atoms with E-state index in [1.54, 1.807) is 24.4 Å². The zero-order chi connectivity index (χ0) is 23.2. The van der Waals surface area contributed by atoms with Gasteiger partial charge < -0.3 is 10.6 Å². The van der Waals surface area contributed by atoms with Crippen LogP contribution in [0, 0.1) is 5.82 Å². The Morgan fingerprint density at radius 3 is 2.36 bits per heavy atom. The fourth-order valence-corrected chi connectivity index (χ4v) is 3.22. The normalized spacial score (nSPS) is 11.9. The number of nitrogens with zero attached hydrogens (tertiary/aromatic N) is 2. The van der Waals surface area contributed by atoms with Crippen LogP contribution in [0.4, 0.5) is 10.1 Å². The van der Waals surface area contributed by atoms with E-state index >= 15 is 0 Å². The van der Waals surface area contributed by atoms with Gasteiger partial charge in [-0.2, -0.15) is 0 Å². The fourth-order valence-electron chi connectivity index (χ4n) is 3.22. The van der Waals surface area contributed by atoms with Gasteiger partial charge in [0.25, 0.3) is 5.91 Å². The highest BCUT2D eigenvalue weighted by atomic mass is 19.1. The van der Waals surface area contributed by atoms with E-state index in [0.29, 0.717) is 16.9 Å². The molecule has 0 radical (unpaired) electrons. The molecule has 1 atom stereocenters. The summed E-state index contributed by atoms with van der Waals surface area (Å²) in [5.74, 6) is -0.982. The van der Waals surface area contributed by atoms with Crippen molar-refractivity contribution in [1.82, 2.24) is 15.3 Å².